The summed E-state index contributed by atoms with van der Waals surface area (Å²) in [6, 6.07) is 5.58. The largest absolute Gasteiger partial charge is 0.454 e. The first-order valence-corrected chi connectivity index (χ1v) is 11.8. The Morgan fingerprint density at radius 1 is 1.17 bits per heavy atom. The van der Waals surface area contributed by atoms with Crippen molar-refractivity contribution in [1.82, 2.24) is 4.90 Å². The predicted molar refractivity (Wildman–Crippen MR) is 116 cm³/mol. The second kappa shape index (κ2) is 8.24. The quantitative estimate of drug-likeness (QED) is 0.339. The molecule has 1 N–H and O–H groups in total. The lowest BCUT2D eigenvalue weighted by Gasteiger charge is -2.28. The molecule has 0 unspecified atom stereocenters. The molecule has 4 rings (SSSR count). The fourth-order valence-corrected chi connectivity index (χ4v) is 6.92. The summed E-state index contributed by atoms with van der Waals surface area (Å²) in [4.78, 5) is 51.7. The van der Waals surface area contributed by atoms with Gasteiger partial charge in [-0.15, -0.1) is 0 Å². The molecule has 1 aromatic rings. The normalized spacial score (nSPS) is 32.9. The Morgan fingerprint density at radius 2 is 1.73 bits per heavy atom. The lowest BCUT2D eigenvalue weighted by Crippen LogP contribution is -2.45. The van der Waals surface area contributed by atoms with Gasteiger partial charge in [0.15, 0.2) is 6.61 Å². The maximum absolute atomic E-state index is 13.0. The van der Waals surface area contributed by atoms with Gasteiger partial charge < -0.3 is 10.1 Å². The van der Waals surface area contributed by atoms with E-state index in [1.807, 2.05) is 0 Å². The number of carbonyl (C=O) groups excluding carboxylic acids is 4. The van der Waals surface area contributed by atoms with E-state index in [-0.39, 0.29) is 33.3 Å². The van der Waals surface area contributed by atoms with E-state index >= 15 is 0 Å². The average Bonchev–Trinajstić information content (AvgIpc) is 3.32. The highest BCUT2D eigenvalue weighted by molar-refractivity contribution is 9.12. The summed E-state index contributed by atoms with van der Waals surface area (Å²) >= 11 is 13.2. The number of benzene rings is 1. The number of carbonyl (C=O) groups is 4. The maximum Gasteiger partial charge on any atom is 0.329 e. The molecule has 160 valence electrons. The number of para-hydroxylation sites is 1. The molecular formula is C20H19Br2ClN2O5. The Kier molecular flexibility index (Phi) is 5.98. The number of halogens is 3. The van der Waals surface area contributed by atoms with E-state index in [0.717, 1.165) is 11.3 Å². The first-order chi connectivity index (χ1) is 14.2. The van der Waals surface area contributed by atoms with Crippen molar-refractivity contribution in [1.29, 1.82) is 0 Å². The molecule has 1 saturated heterocycles. The number of fused-ring (bicyclic) bond motifs is 5. The third-order valence-electron chi connectivity index (χ3n) is 6.24. The summed E-state index contributed by atoms with van der Waals surface area (Å²) in [5.74, 6) is -2.70. The zero-order valence-corrected chi connectivity index (χ0v) is 19.8. The van der Waals surface area contributed by atoms with Crippen LogP contribution in [0.2, 0.25) is 5.02 Å². The SMILES string of the molecule is C[C@H](C(=O)OCC(=O)Nc1ccccc1Cl)N1C(=O)[C@@H]2[C@H]3C[C@@H]([C@H](Br)[C@@H]3Br)[C@@H]2C1=O. The van der Waals surface area contributed by atoms with E-state index in [1.54, 1.807) is 24.3 Å². The Bertz CT molecular complexity index is 896. The second-order valence-corrected chi connectivity index (χ2v) is 10.4. The molecule has 1 aromatic carbocycles. The van der Waals surface area contributed by atoms with E-state index in [0.29, 0.717) is 10.7 Å². The van der Waals surface area contributed by atoms with Crippen LogP contribution in [0.4, 0.5) is 5.69 Å². The van der Waals surface area contributed by atoms with Crippen molar-refractivity contribution >= 4 is 72.8 Å². The van der Waals surface area contributed by atoms with Crippen LogP contribution in [0.5, 0.6) is 0 Å². The topological polar surface area (TPSA) is 92.8 Å². The number of nitrogens with one attached hydrogen (secondary N) is 1. The zero-order chi connectivity index (χ0) is 21.7. The monoisotopic (exact) mass is 560 g/mol. The zero-order valence-electron chi connectivity index (χ0n) is 15.9. The number of ether oxygens (including phenoxy) is 1. The fraction of sp³-hybridized carbons (Fsp3) is 0.500. The van der Waals surface area contributed by atoms with Crippen molar-refractivity contribution in [2.24, 2.45) is 23.7 Å². The minimum absolute atomic E-state index is 0.0652. The number of rotatable bonds is 5. The highest BCUT2D eigenvalue weighted by Crippen LogP contribution is 2.60. The molecule has 1 aliphatic heterocycles. The van der Waals surface area contributed by atoms with Crippen LogP contribution in [0.15, 0.2) is 24.3 Å². The molecule has 7 atom stereocenters. The lowest BCUT2D eigenvalue weighted by atomic mass is 9.81. The van der Waals surface area contributed by atoms with Gasteiger partial charge in [0.2, 0.25) is 11.8 Å². The number of hydrogen-bond donors (Lipinski definition) is 1. The van der Waals surface area contributed by atoms with Crippen LogP contribution in [0.1, 0.15) is 13.3 Å². The average molecular weight is 563 g/mol. The standard InChI is InChI=1S/C20H19Br2ClN2O5/c1-8(20(29)30-7-13(26)24-12-5-3-2-4-11(12)23)25-18(27)14-9-6-10(15(14)19(25)28)17(22)16(9)21/h2-5,8-10,14-17H,6-7H2,1H3,(H,24,26)/t8-,9-,10-,14-,15+,16-,17+/m1/s1. The molecule has 2 aliphatic carbocycles. The maximum atomic E-state index is 13.0. The molecule has 2 bridgehead atoms. The van der Waals surface area contributed by atoms with Crippen LogP contribution >= 0.6 is 43.5 Å². The third-order valence-corrected chi connectivity index (χ3v) is 9.78. The van der Waals surface area contributed by atoms with Gasteiger partial charge in [-0.05, 0) is 37.3 Å². The smallest absolute Gasteiger partial charge is 0.329 e. The van der Waals surface area contributed by atoms with Gasteiger partial charge >= 0.3 is 5.97 Å². The number of hydrogen-bond acceptors (Lipinski definition) is 5. The summed E-state index contributed by atoms with van der Waals surface area (Å²) in [5, 5.41) is 2.90. The van der Waals surface area contributed by atoms with Gasteiger partial charge in [-0.2, -0.15) is 0 Å². The van der Waals surface area contributed by atoms with E-state index < -0.39 is 36.4 Å². The summed E-state index contributed by atoms with van der Waals surface area (Å²) < 4.78 is 5.06. The van der Waals surface area contributed by atoms with Crippen LogP contribution in [0.3, 0.4) is 0 Å². The van der Waals surface area contributed by atoms with Gasteiger partial charge in [-0.3, -0.25) is 19.3 Å². The first-order valence-electron chi connectivity index (χ1n) is 9.58. The van der Waals surface area contributed by atoms with Crippen molar-refractivity contribution in [3.63, 3.8) is 0 Å². The first kappa shape index (κ1) is 21.8. The number of nitrogens with zero attached hydrogens (tertiary/aromatic N) is 1. The molecule has 10 heteroatoms. The minimum Gasteiger partial charge on any atom is -0.454 e. The van der Waals surface area contributed by atoms with Gasteiger partial charge in [-0.25, -0.2) is 4.79 Å². The van der Waals surface area contributed by atoms with Crippen LogP contribution in [-0.2, 0) is 23.9 Å². The molecule has 0 aromatic heterocycles. The third kappa shape index (κ3) is 3.48. The van der Waals surface area contributed by atoms with Crippen molar-refractivity contribution < 1.29 is 23.9 Å². The van der Waals surface area contributed by atoms with E-state index in [9.17, 15) is 19.2 Å². The summed E-state index contributed by atoms with van der Waals surface area (Å²) in [7, 11) is 0. The molecular weight excluding hydrogens is 543 g/mol. The Hall–Kier alpha value is -1.45. The van der Waals surface area contributed by atoms with E-state index in [1.165, 1.54) is 6.92 Å². The number of imide groups is 1. The number of likely N-dealkylation sites (tertiary alicyclic amines) is 1. The predicted octanol–water partition coefficient (Wildman–Crippen LogP) is 2.99. The molecule has 0 radical (unpaired) electrons. The molecule has 3 aliphatic rings. The number of amides is 3. The number of esters is 1. The van der Waals surface area contributed by atoms with Crippen LogP contribution in [0, 0.1) is 23.7 Å². The Balaban J connectivity index is 1.38. The lowest BCUT2D eigenvalue weighted by molar-refractivity contribution is -0.159. The van der Waals surface area contributed by atoms with E-state index in [2.05, 4.69) is 37.2 Å². The van der Waals surface area contributed by atoms with Gasteiger partial charge in [0.25, 0.3) is 5.91 Å². The molecule has 2 saturated carbocycles. The summed E-state index contributed by atoms with van der Waals surface area (Å²) in [6.45, 7) is 0.903. The van der Waals surface area contributed by atoms with Crippen LogP contribution in [-0.4, -0.2) is 50.9 Å². The van der Waals surface area contributed by atoms with Gasteiger partial charge in [0.1, 0.15) is 6.04 Å². The number of alkyl halides is 2. The van der Waals surface area contributed by atoms with Crippen molar-refractivity contribution in [3.8, 4) is 0 Å². The molecule has 0 spiro atoms. The summed E-state index contributed by atoms with van der Waals surface area (Å²) in [5.41, 5.74) is 0.398. The Labute approximate surface area is 195 Å². The Morgan fingerprint density at radius 3 is 2.30 bits per heavy atom. The van der Waals surface area contributed by atoms with Gasteiger partial charge in [0.05, 0.1) is 22.5 Å². The molecule has 3 fully saturated rings. The van der Waals surface area contributed by atoms with Crippen LogP contribution < -0.4 is 5.32 Å². The van der Waals surface area contributed by atoms with Crippen molar-refractivity contribution in [3.05, 3.63) is 29.3 Å². The van der Waals surface area contributed by atoms with Gasteiger partial charge in [-0.1, -0.05) is 55.6 Å². The second-order valence-electron chi connectivity index (χ2n) is 7.86. The molecule has 7 nitrogen and oxygen atoms in total. The fourth-order valence-electron chi connectivity index (χ4n) is 4.87. The van der Waals surface area contributed by atoms with Crippen molar-refractivity contribution in [2.75, 3.05) is 11.9 Å². The molecule has 3 amide bonds. The molecule has 30 heavy (non-hydrogen) atoms. The van der Waals surface area contributed by atoms with E-state index in [4.69, 9.17) is 16.3 Å². The van der Waals surface area contributed by atoms with Crippen molar-refractivity contribution in [2.45, 2.75) is 29.0 Å². The number of anilines is 1. The van der Waals surface area contributed by atoms with Gasteiger partial charge in [0, 0.05) is 9.65 Å². The highest BCUT2D eigenvalue weighted by atomic mass is 79.9. The van der Waals surface area contributed by atoms with Crippen LogP contribution in [0.25, 0.3) is 0 Å². The summed E-state index contributed by atoms with van der Waals surface area (Å²) in [6.07, 6.45) is 0.813. The molecule has 1 heterocycles. The highest BCUT2D eigenvalue weighted by Gasteiger charge is 2.67. The minimum atomic E-state index is -1.09.